The van der Waals surface area contributed by atoms with Crippen molar-refractivity contribution in [1.82, 2.24) is 4.98 Å². The maximum absolute atomic E-state index is 12.7. The number of fused-ring (bicyclic) bond motifs is 1. The molecule has 1 aromatic heterocycles. The van der Waals surface area contributed by atoms with Crippen molar-refractivity contribution in [3.63, 3.8) is 0 Å². The van der Waals surface area contributed by atoms with Crippen LogP contribution in [0.2, 0.25) is 0 Å². The van der Waals surface area contributed by atoms with E-state index in [4.69, 9.17) is 0 Å². The number of anilines is 1. The quantitative estimate of drug-likeness (QED) is 0.861. The molecule has 0 aliphatic heterocycles. The first-order chi connectivity index (χ1) is 9.80. The molecule has 0 radical (unpaired) electrons. The summed E-state index contributed by atoms with van der Waals surface area (Å²) in [4.78, 5) is 3.77. The molecule has 2 aromatic rings. The number of ether oxygens (including phenoxy) is 1. The summed E-state index contributed by atoms with van der Waals surface area (Å²) in [7, 11) is 1.52. The van der Waals surface area contributed by atoms with Crippen molar-refractivity contribution in [2.24, 2.45) is 0 Å². The van der Waals surface area contributed by atoms with Gasteiger partial charge in [0.15, 0.2) is 6.61 Å². The zero-order valence-corrected chi connectivity index (χ0v) is 10.8. The lowest BCUT2D eigenvalue weighted by Crippen LogP contribution is -2.19. The molecule has 0 bridgehead atoms. The summed E-state index contributed by atoms with van der Waals surface area (Å²) in [5.41, 5.74) is 0.181. The molecule has 3 nitrogen and oxygen atoms in total. The van der Waals surface area contributed by atoms with E-state index in [0.717, 1.165) is 6.07 Å². The number of hydrogen-bond acceptors (Lipinski definition) is 3. The van der Waals surface area contributed by atoms with E-state index in [1.807, 2.05) is 0 Å². The second-order valence-corrected chi connectivity index (χ2v) is 4.23. The van der Waals surface area contributed by atoms with Crippen molar-refractivity contribution < 1.29 is 26.7 Å². The van der Waals surface area contributed by atoms with Gasteiger partial charge in [0.2, 0.25) is 0 Å². The molecule has 0 aliphatic carbocycles. The molecular formula is C13H11F5N2O. The van der Waals surface area contributed by atoms with Crippen LogP contribution in [0.5, 0.6) is 5.75 Å². The van der Waals surface area contributed by atoms with Crippen molar-refractivity contribution in [1.29, 1.82) is 0 Å². The van der Waals surface area contributed by atoms with Gasteiger partial charge >= 0.3 is 6.18 Å². The molecule has 21 heavy (non-hydrogen) atoms. The van der Waals surface area contributed by atoms with Crippen LogP contribution in [0.25, 0.3) is 10.9 Å². The van der Waals surface area contributed by atoms with Crippen LogP contribution in [0.4, 0.5) is 27.6 Å². The Bertz CT molecular complexity index is 642. The molecule has 1 aromatic carbocycles. The maximum Gasteiger partial charge on any atom is 0.422 e. The monoisotopic (exact) mass is 306 g/mol. The standard InChI is InChI=1S/C13H11F5N2O/c1-19-10-5-11(12(14)15)20-9-3-2-7(4-8(9)10)21-6-13(16,17)18/h2-5,12H,6H2,1H3,(H,19,20). The minimum atomic E-state index is -4.45. The second-order valence-electron chi connectivity index (χ2n) is 4.23. The molecule has 8 heteroatoms. The Balaban J connectivity index is 2.40. The van der Waals surface area contributed by atoms with Gasteiger partial charge in [0, 0.05) is 18.1 Å². The van der Waals surface area contributed by atoms with Crippen LogP contribution in [0.3, 0.4) is 0 Å². The number of hydrogen-bond donors (Lipinski definition) is 1. The van der Waals surface area contributed by atoms with Gasteiger partial charge in [0.25, 0.3) is 6.43 Å². The van der Waals surface area contributed by atoms with Crippen LogP contribution in [0, 0.1) is 0 Å². The molecule has 0 atom stereocenters. The summed E-state index contributed by atoms with van der Waals surface area (Å²) in [6.45, 7) is -1.42. The van der Waals surface area contributed by atoms with Crippen molar-refractivity contribution in [3.8, 4) is 5.75 Å². The molecule has 0 fully saturated rings. The Morgan fingerprint density at radius 2 is 1.95 bits per heavy atom. The minimum absolute atomic E-state index is 0.0112. The molecule has 0 amide bonds. The number of nitrogens with zero attached hydrogens (tertiary/aromatic N) is 1. The van der Waals surface area contributed by atoms with Gasteiger partial charge in [-0.2, -0.15) is 13.2 Å². The van der Waals surface area contributed by atoms with Crippen molar-refractivity contribution in [3.05, 3.63) is 30.0 Å². The summed E-state index contributed by atoms with van der Waals surface area (Å²) in [5, 5.41) is 3.12. The minimum Gasteiger partial charge on any atom is -0.484 e. The van der Waals surface area contributed by atoms with E-state index in [1.165, 1.54) is 25.2 Å². The van der Waals surface area contributed by atoms with Crippen LogP contribution >= 0.6 is 0 Å². The van der Waals surface area contributed by atoms with Gasteiger partial charge in [0.1, 0.15) is 11.4 Å². The highest BCUT2D eigenvalue weighted by molar-refractivity contribution is 5.92. The number of aromatic nitrogens is 1. The molecular weight excluding hydrogens is 295 g/mol. The Morgan fingerprint density at radius 1 is 1.24 bits per heavy atom. The van der Waals surface area contributed by atoms with E-state index in [-0.39, 0.29) is 11.3 Å². The van der Waals surface area contributed by atoms with Crippen LogP contribution in [-0.2, 0) is 0 Å². The van der Waals surface area contributed by atoms with Crippen molar-refractivity contribution in [2.75, 3.05) is 19.0 Å². The summed E-state index contributed by atoms with van der Waals surface area (Å²) in [6, 6.07) is 5.08. The van der Waals surface area contributed by atoms with Gasteiger partial charge < -0.3 is 10.1 Å². The normalized spacial score (nSPS) is 12.0. The van der Waals surface area contributed by atoms with E-state index in [0.29, 0.717) is 11.1 Å². The first kappa shape index (κ1) is 15.3. The van der Waals surface area contributed by atoms with E-state index in [2.05, 4.69) is 15.0 Å². The van der Waals surface area contributed by atoms with Gasteiger partial charge in [-0.05, 0) is 24.3 Å². The predicted molar refractivity (Wildman–Crippen MR) is 67.8 cm³/mol. The van der Waals surface area contributed by atoms with Gasteiger partial charge in [-0.25, -0.2) is 13.8 Å². The van der Waals surface area contributed by atoms with Gasteiger partial charge in [-0.3, -0.25) is 0 Å². The Labute approximate surface area is 116 Å². The summed E-state index contributed by atoms with van der Waals surface area (Å²) >= 11 is 0. The number of nitrogens with one attached hydrogen (secondary N) is 1. The van der Waals surface area contributed by atoms with Crippen molar-refractivity contribution in [2.45, 2.75) is 12.6 Å². The topological polar surface area (TPSA) is 34.2 Å². The molecule has 1 heterocycles. The van der Waals surface area contributed by atoms with E-state index in [1.54, 1.807) is 0 Å². The SMILES string of the molecule is CNc1cc(C(F)F)nc2ccc(OCC(F)(F)F)cc12. The van der Waals surface area contributed by atoms with Gasteiger partial charge in [-0.1, -0.05) is 0 Å². The fraction of sp³-hybridized carbons (Fsp3) is 0.308. The Kier molecular flexibility index (Phi) is 4.15. The van der Waals surface area contributed by atoms with Crippen LogP contribution in [0.1, 0.15) is 12.1 Å². The largest absolute Gasteiger partial charge is 0.484 e. The lowest BCUT2D eigenvalue weighted by Gasteiger charge is -2.12. The molecule has 2 rings (SSSR count). The van der Waals surface area contributed by atoms with Gasteiger partial charge in [0.05, 0.1) is 5.52 Å². The summed E-state index contributed by atoms with van der Waals surface area (Å²) in [5.74, 6) is -0.0112. The fourth-order valence-electron chi connectivity index (χ4n) is 1.80. The summed E-state index contributed by atoms with van der Waals surface area (Å²) < 4.78 is 66.4. The third-order valence-corrected chi connectivity index (χ3v) is 2.70. The maximum atomic E-state index is 12.7. The predicted octanol–water partition coefficient (Wildman–Crippen LogP) is 4.16. The Morgan fingerprint density at radius 3 is 2.52 bits per heavy atom. The molecule has 0 saturated carbocycles. The molecule has 1 N–H and O–H groups in total. The van der Waals surface area contributed by atoms with E-state index >= 15 is 0 Å². The third kappa shape index (κ3) is 3.71. The first-order valence-corrected chi connectivity index (χ1v) is 5.90. The number of halogens is 5. The molecule has 0 unspecified atom stereocenters. The molecule has 0 spiro atoms. The smallest absolute Gasteiger partial charge is 0.422 e. The second kappa shape index (κ2) is 5.71. The fourth-order valence-corrected chi connectivity index (χ4v) is 1.80. The zero-order valence-electron chi connectivity index (χ0n) is 10.8. The number of rotatable bonds is 4. The van der Waals surface area contributed by atoms with E-state index in [9.17, 15) is 22.0 Å². The van der Waals surface area contributed by atoms with Crippen LogP contribution in [-0.4, -0.2) is 24.8 Å². The Hall–Kier alpha value is -2.12. The molecule has 0 aliphatic rings. The number of pyridine rings is 1. The lowest BCUT2D eigenvalue weighted by atomic mass is 10.1. The molecule has 114 valence electrons. The lowest BCUT2D eigenvalue weighted by molar-refractivity contribution is -0.153. The third-order valence-electron chi connectivity index (χ3n) is 2.70. The first-order valence-electron chi connectivity index (χ1n) is 5.90. The average molecular weight is 306 g/mol. The number of benzene rings is 1. The van der Waals surface area contributed by atoms with Crippen LogP contribution < -0.4 is 10.1 Å². The molecule has 0 saturated heterocycles. The van der Waals surface area contributed by atoms with E-state index < -0.39 is 24.9 Å². The zero-order chi connectivity index (χ0) is 15.6. The van der Waals surface area contributed by atoms with Crippen molar-refractivity contribution >= 4 is 16.6 Å². The highest BCUT2D eigenvalue weighted by Gasteiger charge is 2.28. The van der Waals surface area contributed by atoms with Crippen LogP contribution in [0.15, 0.2) is 24.3 Å². The average Bonchev–Trinajstić information content (AvgIpc) is 2.42. The summed E-state index contributed by atoms with van der Waals surface area (Å²) in [6.07, 6.45) is -7.18. The highest BCUT2D eigenvalue weighted by atomic mass is 19.4. The van der Waals surface area contributed by atoms with Gasteiger partial charge in [-0.15, -0.1) is 0 Å². The highest BCUT2D eigenvalue weighted by Crippen LogP contribution is 2.30. The number of alkyl halides is 5.